The normalized spacial score (nSPS) is 10.7. The molecule has 0 aliphatic heterocycles. The van der Waals surface area contributed by atoms with Crippen LogP contribution in [0.2, 0.25) is 15.1 Å². The van der Waals surface area contributed by atoms with Crippen molar-refractivity contribution in [2.75, 3.05) is 5.32 Å². The molecule has 34 heavy (non-hydrogen) atoms. The maximum atomic E-state index is 12.6. The molecule has 4 rings (SSSR count). The van der Waals surface area contributed by atoms with Gasteiger partial charge in [-0.2, -0.15) is 0 Å². The molecule has 0 aliphatic carbocycles. The van der Waals surface area contributed by atoms with E-state index in [1.54, 1.807) is 66.7 Å². The van der Waals surface area contributed by atoms with Gasteiger partial charge in [-0.3, -0.25) is 4.79 Å². The van der Waals surface area contributed by atoms with E-state index in [0.717, 1.165) is 16.9 Å². The van der Waals surface area contributed by atoms with E-state index in [2.05, 4.69) is 5.32 Å². The summed E-state index contributed by atoms with van der Waals surface area (Å²) in [6.45, 7) is 0.207. The van der Waals surface area contributed by atoms with Gasteiger partial charge in [0.2, 0.25) is 0 Å². The summed E-state index contributed by atoms with van der Waals surface area (Å²) < 4.78 is 5.80. The highest BCUT2D eigenvalue weighted by Gasteiger charge is 2.20. The van der Waals surface area contributed by atoms with E-state index in [-0.39, 0.29) is 27.8 Å². The van der Waals surface area contributed by atoms with Crippen LogP contribution in [0.15, 0.2) is 72.8 Å². The molecule has 0 radical (unpaired) electrons. The zero-order valence-electron chi connectivity index (χ0n) is 17.3. The summed E-state index contributed by atoms with van der Waals surface area (Å²) in [7, 11) is 0. The first-order valence-electron chi connectivity index (χ1n) is 9.92. The second-order valence-corrected chi connectivity index (χ2v) is 9.38. The number of nitrogens with one attached hydrogen (secondary N) is 1. The Bertz CT molecular complexity index is 1350. The zero-order valence-corrected chi connectivity index (χ0v) is 20.4. The molecule has 0 bridgehead atoms. The van der Waals surface area contributed by atoms with Gasteiger partial charge in [-0.15, -0.1) is 11.3 Å². The third-order valence-electron chi connectivity index (χ3n) is 4.89. The summed E-state index contributed by atoms with van der Waals surface area (Å²) in [4.78, 5) is 25.1. The molecule has 5 nitrogen and oxygen atoms in total. The Morgan fingerprint density at radius 1 is 0.853 bits per heavy atom. The minimum atomic E-state index is -1.14. The van der Waals surface area contributed by atoms with Crippen LogP contribution in [-0.4, -0.2) is 17.0 Å². The number of halogens is 3. The Labute approximate surface area is 214 Å². The third-order valence-corrected chi connectivity index (χ3v) is 7.03. The van der Waals surface area contributed by atoms with Crippen molar-refractivity contribution in [3.05, 3.63) is 105 Å². The van der Waals surface area contributed by atoms with E-state index >= 15 is 0 Å². The molecular weight excluding hydrogens is 517 g/mol. The fourth-order valence-corrected chi connectivity index (χ4v) is 4.92. The predicted octanol–water partition coefficient (Wildman–Crippen LogP) is 7.90. The van der Waals surface area contributed by atoms with Crippen LogP contribution >= 0.6 is 46.1 Å². The van der Waals surface area contributed by atoms with Crippen LogP contribution in [0.3, 0.4) is 0 Å². The summed E-state index contributed by atoms with van der Waals surface area (Å²) in [5.74, 6) is -1.03. The number of carbonyl (C=O) groups excluding carboxylic acids is 1. The quantitative estimate of drug-likeness (QED) is 0.254. The third kappa shape index (κ3) is 5.37. The molecule has 0 fully saturated rings. The van der Waals surface area contributed by atoms with Crippen LogP contribution in [0.1, 0.15) is 26.3 Å². The van der Waals surface area contributed by atoms with Crippen LogP contribution in [0, 0.1) is 0 Å². The molecule has 2 N–H and O–H groups in total. The first-order valence-corrected chi connectivity index (χ1v) is 11.9. The van der Waals surface area contributed by atoms with E-state index in [0.29, 0.717) is 26.2 Å². The molecule has 0 saturated carbocycles. The van der Waals surface area contributed by atoms with Crippen LogP contribution in [0.4, 0.5) is 5.00 Å². The second-order valence-electron chi connectivity index (χ2n) is 7.11. The van der Waals surface area contributed by atoms with E-state index in [1.807, 2.05) is 0 Å². The van der Waals surface area contributed by atoms with Crippen LogP contribution < -0.4 is 10.1 Å². The Kier molecular flexibility index (Phi) is 7.44. The van der Waals surface area contributed by atoms with Gasteiger partial charge in [0, 0.05) is 20.5 Å². The topological polar surface area (TPSA) is 75.6 Å². The number of hydrogen-bond donors (Lipinski definition) is 2. The van der Waals surface area contributed by atoms with Crippen molar-refractivity contribution >= 4 is 63.0 Å². The summed E-state index contributed by atoms with van der Waals surface area (Å²) in [6.07, 6.45) is 0. The van der Waals surface area contributed by atoms with Gasteiger partial charge in [0.15, 0.2) is 0 Å². The summed E-state index contributed by atoms with van der Waals surface area (Å²) in [6, 6.07) is 20.5. The molecule has 1 aromatic heterocycles. The largest absolute Gasteiger partial charge is 0.489 e. The van der Waals surface area contributed by atoms with E-state index in [4.69, 9.17) is 39.5 Å². The summed E-state index contributed by atoms with van der Waals surface area (Å²) in [5, 5.41) is 13.8. The highest BCUT2D eigenvalue weighted by molar-refractivity contribution is 7.20. The number of anilines is 1. The fourth-order valence-electron chi connectivity index (χ4n) is 3.14. The van der Waals surface area contributed by atoms with Crippen molar-refractivity contribution < 1.29 is 19.4 Å². The van der Waals surface area contributed by atoms with Crippen LogP contribution in [-0.2, 0) is 6.61 Å². The molecule has 3 aromatic carbocycles. The number of carboxylic acid groups (broad SMARTS) is 1. The maximum Gasteiger partial charge on any atom is 0.338 e. The second kappa shape index (κ2) is 10.5. The van der Waals surface area contributed by atoms with Gasteiger partial charge in [0.1, 0.15) is 17.4 Å². The van der Waals surface area contributed by atoms with Crippen LogP contribution in [0.5, 0.6) is 5.75 Å². The minimum Gasteiger partial charge on any atom is -0.489 e. The Hall–Kier alpha value is -3.03. The first-order chi connectivity index (χ1) is 16.3. The molecule has 0 spiro atoms. The first kappa shape index (κ1) is 24.1. The van der Waals surface area contributed by atoms with Gasteiger partial charge < -0.3 is 15.2 Å². The maximum absolute atomic E-state index is 12.6. The molecule has 1 amide bonds. The van der Waals surface area contributed by atoms with E-state index in [1.165, 1.54) is 6.07 Å². The van der Waals surface area contributed by atoms with Gasteiger partial charge in [-0.1, -0.05) is 53.0 Å². The molecule has 0 saturated heterocycles. The standard InChI is InChI=1S/C25H16Cl3NO4S/c26-19-5-2-1-4-16(19)23(30)29-24-17(25(31)32)12-22(34-24)14-8-10-15(11-9-14)33-13-18-20(27)6-3-7-21(18)28/h1-12H,13H2,(H,29,30)(H,31,32). The van der Waals surface area contributed by atoms with Crippen LogP contribution in [0.25, 0.3) is 10.4 Å². The Morgan fingerprint density at radius 2 is 1.50 bits per heavy atom. The number of aromatic carboxylic acids is 1. The minimum absolute atomic E-state index is 0.00547. The van der Waals surface area contributed by atoms with Crippen molar-refractivity contribution in [1.82, 2.24) is 0 Å². The van der Waals surface area contributed by atoms with Gasteiger partial charge in [-0.05, 0) is 60.2 Å². The number of rotatable bonds is 7. The number of amides is 1. The molecule has 1 heterocycles. The molecule has 9 heteroatoms. The lowest BCUT2D eigenvalue weighted by Crippen LogP contribution is -2.13. The van der Waals surface area contributed by atoms with Crippen molar-refractivity contribution in [1.29, 1.82) is 0 Å². The highest BCUT2D eigenvalue weighted by atomic mass is 35.5. The van der Waals surface area contributed by atoms with Gasteiger partial charge >= 0.3 is 5.97 Å². The lowest BCUT2D eigenvalue weighted by molar-refractivity contribution is 0.0698. The van der Waals surface area contributed by atoms with Gasteiger partial charge in [0.05, 0.1) is 16.1 Å². The summed E-state index contributed by atoms with van der Waals surface area (Å²) >= 11 is 19.6. The van der Waals surface area contributed by atoms with E-state index in [9.17, 15) is 14.7 Å². The Balaban J connectivity index is 1.52. The number of carboxylic acids is 1. The van der Waals surface area contributed by atoms with Crippen molar-refractivity contribution in [2.45, 2.75) is 6.61 Å². The average Bonchev–Trinajstić information content (AvgIpc) is 3.23. The predicted molar refractivity (Wildman–Crippen MR) is 137 cm³/mol. The molecule has 0 atom stereocenters. The number of thiophene rings is 1. The van der Waals surface area contributed by atoms with Gasteiger partial charge in [0.25, 0.3) is 5.91 Å². The average molecular weight is 533 g/mol. The lowest BCUT2D eigenvalue weighted by atomic mass is 10.1. The Morgan fingerprint density at radius 3 is 2.15 bits per heavy atom. The van der Waals surface area contributed by atoms with E-state index < -0.39 is 11.9 Å². The number of benzene rings is 3. The summed E-state index contributed by atoms with van der Waals surface area (Å²) in [5.41, 5.74) is 1.72. The number of ether oxygens (including phenoxy) is 1. The van der Waals surface area contributed by atoms with Crippen molar-refractivity contribution in [3.63, 3.8) is 0 Å². The van der Waals surface area contributed by atoms with Crippen molar-refractivity contribution in [2.24, 2.45) is 0 Å². The molecular formula is C25H16Cl3NO4S. The number of hydrogen-bond acceptors (Lipinski definition) is 4. The molecule has 172 valence electrons. The fraction of sp³-hybridized carbons (Fsp3) is 0.0400. The SMILES string of the molecule is O=C(Nc1sc(-c2ccc(OCc3c(Cl)cccc3Cl)cc2)cc1C(=O)O)c1ccccc1Cl. The zero-order chi connectivity index (χ0) is 24.2. The lowest BCUT2D eigenvalue weighted by Gasteiger charge is -2.10. The highest BCUT2D eigenvalue weighted by Crippen LogP contribution is 2.37. The van der Waals surface area contributed by atoms with Crippen molar-refractivity contribution in [3.8, 4) is 16.2 Å². The number of carbonyl (C=O) groups is 2. The smallest absolute Gasteiger partial charge is 0.338 e. The molecule has 0 aliphatic rings. The molecule has 0 unspecified atom stereocenters. The monoisotopic (exact) mass is 531 g/mol. The van der Waals surface area contributed by atoms with Gasteiger partial charge in [-0.25, -0.2) is 4.79 Å². The molecule has 4 aromatic rings.